The maximum absolute atomic E-state index is 12.7. The third-order valence-corrected chi connectivity index (χ3v) is 5.48. The molecule has 0 saturated heterocycles. The van der Waals surface area contributed by atoms with Crippen LogP contribution in [-0.4, -0.2) is 17.5 Å². The number of nitrogens with one attached hydrogen (secondary N) is 1. The molecule has 0 saturated carbocycles. The maximum atomic E-state index is 12.7. The molecule has 0 aliphatic rings. The minimum absolute atomic E-state index is 0.224. The second-order valence-electron chi connectivity index (χ2n) is 7.26. The molecule has 1 heterocycles. The minimum atomic E-state index is -0.224. The van der Waals surface area contributed by atoms with E-state index in [0.29, 0.717) is 45.6 Å². The van der Waals surface area contributed by atoms with E-state index in [0.717, 1.165) is 16.3 Å². The van der Waals surface area contributed by atoms with Gasteiger partial charge in [0.05, 0.1) is 6.61 Å². The van der Waals surface area contributed by atoms with Crippen LogP contribution < -0.4 is 10.1 Å². The zero-order valence-corrected chi connectivity index (χ0v) is 18.0. The third-order valence-electron chi connectivity index (χ3n) is 5.15. The number of aromatic nitrogens is 1. The zero-order chi connectivity index (χ0) is 22.1. The van der Waals surface area contributed by atoms with Crippen LogP contribution in [0.3, 0.4) is 0 Å². The first-order chi connectivity index (χ1) is 15.6. The summed E-state index contributed by atoms with van der Waals surface area (Å²) >= 11 is 6.34. The van der Waals surface area contributed by atoms with Gasteiger partial charge in [0.2, 0.25) is 5.89 Å². The number of hydrogen-bond acceptors (Lipinski definition) is 4. The number of halogens is 1. The van der Waals surface area contributed by atoms with Crippen molar-refractivity contribution >= 4 is 45.1 Å². The van der Waals surface area contributed by atoms with Gasteiger partial charge in [0.15, 0.2) is 5.58 Å². The van der Waals surface area contributed by atoms with E-state index in [9.17, 15) is 4.79 Å². The summed E-state index contributed by atoms with van der Waals surface area (Å²) in [6.45, 7) is 2.44. The fraction of sp³-hybridized carbons (Fsp3) is 0.0769. The second kappa shape index (κ2) is 8.36. The quantitative estimate of drug-likeness (QED) is 0.319. The molecular formula is C26H19ClN2O3. The van der Waals surface area contributed by atoms with E-state index in [-0.39, 0.29) is 5.91 Å². The minimum Gasteiger partial charge on any atom is -0.494 e. The monoisotopic (exact) mass is 442 g/mol. The number of benzene rings is 4. The van der Waals surface area contributed by atoms with Gasteiger partial charge in [-0.2, -0.15) is 0 Å². The Balaban J connectivity index is 1.46. The molecule has 1 N–H and O–H groups in total. The molecule has 0 unspecified atom stereocenters. The van der Waals surface area contributed by atoms with E-state index < -0.39 is 0 Å². The number of oxazole rings is 1. The summed E-state index contributed by atoms with van der Waals surface area (Å²) in [6, 6.07) is 24.1. The second-order valence-corrected chi connectivity index (χ2v) is 7.66. The summed E-state index contributed by atoms with van der Waals surface area (Å²) in [5.74, 6) is 0.936. The summed E-state index contributed by atoms with van der Waals surface area (Å²) in [7, 11) is 0. The van der Waals surface area contributed by atoms with Crippen LogP contribution in [0.1, 0.15) is 17.3 Å². The number of amides is 1. The Bertz CT molecular complexity index is 1460. The van der Waals surface area contributed by atoms with Gasteiger partial charge in [0.25, 0.3) is 5.91 Å². The number of fused-ring (bicyclic) bond motifs is 2. The SMILES string of the molecule is CCOc1cccc(C(=O)Nc2ccc3oc(-c4cccc5c(Cl)cccc45)nc3c2)c1. The first kappa shape index (κ1) is 20.1. The Labute approximate surface area is 189 Å². The van der Waals surface area contributed by atoms with Crippen molar-refractivity contribution in [1.29, 1.82) is 0 Å². The van der Waals surface area contributed by atoms with Gasteiger partial charge in [-0.25, -0.2) is 4.98 Å². The molecule has 0 fully saturated rings. The molecule has 5 rings (SSSR count). The topological polar surface area (TPSA) is 64.4 Å². The van der Waals surface area contributed by atoms with Gasteiger partial charge in [-0.3, -0.25) is 4.79 Å². The van der Waals surface area contributed by atoms with E-state index in [1.807, 2.05) is 49.4 Å². The summed E-state index contributed by atoms with van der Waals surface area (Å²) in [5.41, 5.74) is 3.30. The van der Waals surface area contributed by atoms with Gasteiger partial charge >= 0.3 is 0 Å². The summed E-state index contributed by atoms with van der Waals surface area (Å²) < 4.78 is 11.5. The Morgan fingerprint density at radius 3 is 2.69 bits per heavy atom. The highest BCUT2D eigenvalue weighted by Crippen LogP contribution is 2.34. The zero-order valence-electron chi connectivity index (χ0n) is 17.3. The molecule has 5 aromatic rings. The lowest BCUT2D eigenvalue weighted by molar-refractivity contribution is 0.102. The highest BCUT2D eigenvalue weighted by molar-refractivity contribution is 6.35. The lowest BCUT2D eigenvalue weighted by Gasteiger charge is -2.07. The van der Waals surface area contributed by atoms with Crippen molar-refractivity contribution in [2.45, 2.75) is 6.92 Å². The smallest absolute Gasteiger partial charge is 0.255 e. The Hall–Kier alpha value is -3.83. The molecule has 5 nitrogen and oxygen atoms in total. The number of ether oxygens (including phenoxy) is 1. The van der Waals surface area contributed by atoms with Gasteiger partial charge in [0.1, 0.15) is 11.3 Å². The van der Waals surface area contributed by atoms with Crippen LogP contribution in [0.15, 0.2) is 83.3 Å². The molecule has 6 heteroatoms. The first-order valence-electron chi connectivity index (χ1n) is 10.2. The molecule has 1 amide bonds. The fourth-order valence-electron chi connectivity index (χ4n) is 3.68. The molecule has 0 bridgehead atoms. The number of carbonyl (C=O) groups is 1. The number of hydrogen-bond donors (Lipinski definition) is 1. The van der Waals surface area contributed by atoms with Crippen molar-refractivity contribution in [2.75, 3.05) is 11.9 Å². The Morgan fingerprint density at radius 1 is 1.00 bits per heavy atom. The standard InChI is InChI=1S/C26H19ClN2O3/c1-2-31-18-7-3-6-16(14-18)25(30)28-17-12-13-24-23(15-17)29-26(32-24)21-10-4-9-20-19(21)8-5-11-22(20)27/h3-15H,2H2,1H3,(H,28,30). The summed E-state index contributed by atoms with van der Waals surface area (Å²) in [5, 5.41) is 5.50. The molecule has 0 atom stereocenters. The van der Waals surface area contributed by atoms with Crippen LogP contribution in [0.25, 0.3) is 33.3 Å². The van der Waals surface area contributed by atoms with Crippen molar-refractivity contribution < 1.29 is 13.9 Å². The summed E-state index contributed by atoms with van der Waals surface area (Å²) in [6.07, 6.45) is 0. The Morgan fingerprint density at radius 2 is 1.81 bits per heavy atom. The molecular weight excluding hydrogens is 424 g/mol. The van der Waals surface area contributed by atoms with Crippen LogP contribution in [0.5, 0.6) is 5.75 Å². The molecule has 0 aliphatic carbocycles. The van der Waals surface area contributed by atoms with Crippen LogP contribution in [0.4, 0.5) is 5.69 Å². The molecule has 4 aromatic carbocycles. The molecule has 1 aromatic heterocycles. The van der Waals surface area contributed by atoms with Crippen molar-refractivity contribution in [3.05, 3.63) is 89.4 Å². The predicted octanol–water partition coefficient (Wildman–Crippen LogP) is 6.95. The molecule has 158 valence electrons. The highest BCUT2D eigenvalue weighted by atomic mass is 35.5. The van der Waals surface area contributed by atoms with Crippen molar-refractivity contribution in [3.8, 4) is 17.2 Å². The number of nitrogens with zero attached hydrogens (tertiary/aromatic N) is 1. The normalized spacial score (nSPS) is 11.1. The Kier molecular flexibility index (Phi) is 5.25. The highest BCUT2D eigenvalue weighted by Gasteiger charge is 2.14. The van der Waals surface area contributed by atoms with Crippen LogP contribution in [-0.2, 0) is 0 Å². The van der Waals surface area contributed by atoms with Crippen LogP contribution >= 0.6 is 11.6 Å². The van der Waals surface area contributed by atoms with E-state index >= 15 is 0 Å². The largest absolute Gasteiger partial charge is 0.494 e. The number of rotatable bonds is 5. The predicted molar refractivity (Wildman–Crippen MR) is 128 cm³/mol. The summed E-state index contributed by atoms with van der Waals surface area (Å²) in [4.78, 5) is 17.3. The number of anilines is 1. The van der Waals surface area contributed by atoms with Gasteiger partial charge in [-0.1, -0.05) is 41.9 Å². The average molecular weight is 443 g/mol. The lowest BCUT2D eigenvalue weighted by Crippen LogP contribution is -2.11. The van der Waals surface area contributed by atoms with Crippen molar-refractivity contribution in [1.82, 2.24) is 4.98 Å². The molecule has 32 heavy (non-hydrogen) atoms. The lowest BCUT2D eigenvalue weighted by atomic mass is 10.0. The van der Waals surface area contributed by atoms with E-state index in [4.69, 9.17) is 20.8 Å². The number of carbonyl (C=O) groups excluding carboxylic acids is 1. The van der Waals surface area contributed by atoms with Crippen molar-refractivity contribution in [2.24, 2.45) is 0 Å². The van der Waals surface area contributed by atoms with Crippen LogP contribution in [0.2, 0.25) is 5.02 Å². The van der Waals surface area contributed by atoms with Gasteiger partial charge in [0, 0.05) is 27.2 Å². The first-order valence-corrected chi connectivity index (χ1v) is 10.6. The molecule has 0 aliphatic heterocycles. The third kappa shape index (κ3) is 3.79. The van der Waals surface area contributed by atoms with Crippen molar-refractivity contribution in [3.63, 3.8) is 0 Å². The van der Waals surface area contributed by atoms with Crippen LogP contribution in [0, 0.1) is 0 Å². The van der Waals surface area contributed by atoms with Gasteiger partial charge < -0.3 is 14.5 Å². The molecule has 0 spiro atoms. The fourth-order valence-corrected chi connectivity index (χ4v) is 3.91. The van der Waals surface area contributed by atoms with Gasteiger partial charge in [-0.15, -0.1) is 0 Å². The van der Waals surface area contributed by atoms with Gasteiger partial charge in [-0.05, 0) is 60.8 Å². The average Bonchev–Trinajstić information content (AvgIpc) is 3.23. The van der Waals surface area contributed by atoms with E-state index in [2.05, 4.69) is 10.3 Å². The maximum Gasteiger partial charge on any atom is 0.255 e. The molecule has 0 radical (unpaired) electrons. The van der Waals surface area contributed by atoms with E-state index in [1.165, 1.54) is 0 Å². The van der Waals surface area contributed by atoms with E-state index in [1.54, 1.807) is 36.4 Å².